The van der Waals surface area contributed by atoms with Crippen LogP contribution in [0.25, 0.3) is 22.0 Å². The fraction of sp³-hybridized carbons (Fsp3) is 0.200. The second-order valence-electron chi connectivity index (χ2n) is 7.59. The van der Waals surface area contributed by atoms with Gasteiger partial charge in [0.2, 0.25) is 0 Å². The number of aryl methyl sites for hydroxylation is 2. The summed E-state index contributed by atoms with van der Waals surface area (Å²) in [5, 5.41) is 5.27. The minimum absolute atomic E-state index is 0.697. The van der Waals surface area contributed by atoms with Crippen molar-refractivity contribution in [3.05, 3.63) is 83.5 Å². The van der Waals surface area contributed by atoms with E-state index < -0.39 is 0 Å². The van der Waals surface area contributed by atoms with Crippen molar-refractivity contribution in [1.82, 2.24) is 10.1 Å². The highest BCUT2D eigenvalue weighted by Crippen LogP contribution is 2.41. The van der Waals surface area contributed by atoms with Crippen LogP contribution in [0.15, 0.2) is 65.3 Å². The van der Waals surface area contributed by atoms with Crippen LogP contribution in [0, 0.1) is 13.8 Å². The predicted octanol–water partition coefficient (Wildman–Crippen LogP) is 5.59. The Morgan fingerprint density at radius 3 is 2.77 bits per heavy atom. The molecule has 5 rings (SSSR count). The normalized spacial score (nSPS) is 13.0. The van der Waals surface area contributed by atoms with Crippen LogP contribution in [0.1, 0.15) is 22.7 Å². The Morgan fingerprint density at radius 1 is 1.10 bits per heavy atom. The summed E-state index contributed by atoms with van der Waals surface area (Å²) in [6.07, 6.45) is 5.19. The van der Waals surface area contributed by atoms with Gasteiger partial charge >= 0.3 is 0 Å². The minimum atomic E-state index is 0.697. The molecular formula is C25H23N3O2. The van der Waals surface area contributed by atoms with Crippen molar-refractivity contribution in [1.29, 1.82) is 0 Å². The van der Waals surface area contributed by atoms with Crippen LogP contribution in [0.4, 0.5) is 5.69 Å². The molecule has 5 nitrogen and oxygen atoms in total. The third-order valence-electron chi connectivity index (χ3n) is 5.62. The lowest BCUT2D eigenvalue weighted by molar-refractivity contribution is 0.393. The van der Waals surface area contributed by atoms with E-state index in [0.29, 0.717) is 6.54 Å². The Balaban J connectivity index is 1.54. The molecule has 0 N–H and O–H groups in total. The molecule has 2 aromatic heterocycles. The molecular weight excluding hydrogens is 374 g/mol. The van der Waals surface area contributed by atoms with Gasteiger partial charge in [-0.05, 0) is 44.0 Å². The lowest BCUT2D eigenvalue weighted by Gasteiger charge is -2.28. The number of para-hydroxylation sites is 1. The van der Waals surface area contributed by atoms with Crippen LogP contribution < -0.4 is 9.64 Å². The number of anilines is 1. The van der Waals surface area contributed by atoms with E-state index in [4.69, 9.17) is 14.2 Å². The molecule has 1 aliphatic rings. The Kier molecular flexibility index (Phi) is 4.51. The second kappa shape index (κ2) is 7.34. The molecule has 4 aromatic rings. The van der Waals surface area contributed by atoms with E-state index in [1.165, 1.54) is 5.56 Å². The Labute approximate surface area is 175 Å². The van der Waals surface area contributed by atoms with Crippen molar-refractivity contribution >= 4 is 16.6 Å². The molecule has 2 aromatic carbocycles. The summed E-state index contributed by atoms with van der Waals surface area (Å²) >= 11 is 0. The molecule has 1 aliphatic heterocycles. The standard InChI is InChI=1S/C25H23N3O2/c1-16-25(17(2)30-27-16)21-13-19-8-6-12-28(23(19)14-24(21)29-3)15-20-11-10-18-7-4-5-9-22(18)26-20/h4-7,9-14H,8,15H2,1-3H3. The molecule has 0 saturated heterocycles. The summed E-state index contributed by atoms with van der Waals surface area (Å²) in [4.78, 5) is 7.07. The minimum Gasteiger partial charge on any atom is -0.496 e. The maximum absolute atomic E-state index is 5.77. The van der Waals surface area contributed by atoms with E-state index in [0.717, 1.165) is 57.0 Å². The number of methoxy groups -OCH3 is 1. The summed E-state index contributed by atoms with van der Waals surface area (Å²) in [6.45, 7) is 4.59. The molecule has 0 fully saturated rings. The van der Waals surface area contributed by atoms with Gasteiger partial charge in [-0.1, -0.05) is 35.5 Å². The number of hydrogen-bond acceptors (Lipinski definition) is 5. The number of fused-ring (bicyclic) bond motifs is 2. The van der Waals surface area contributed by atoms with Gasteiger partial charge in [0.25, 0.3) is 0 Å². The first-order valence-corrected chi connectivity index (χ1v) is 10.1. The number of benzene rings is 2. The number of hydrogen-bond donors (Lipinski definition) is 0. The summed E-state index contributed by atoms with van der Waals surface area (Å²) in [7, 11) is 1.71. The van der Waals surface area contributed by atoms with Crippen LogP contribution in [-0.4, -0.2) is 17.3 Å². The third-order valence-corrected chi connectivity index (χ3v) is 5.62. The van der Waals surface area contributed by atoms with Crippen LogP contribution in [-0.2, 0) is 13.0 Å². The first-order chi connectivity index (χ1) is 14.6. The fourth-order valence-electron chi connectivity index (χ4n) is 4.17. The summed E-state index contributed by atoms with van der Waals surface area (Å²) in [5.41, 5.74) is 7.32. The third kappa shape index (κ3) is 3.12. The smallest absolute Gasteiger partial charge is 0.141 e. The average molecular weight is 397 g/mol. The van der Waals surface area contributed by atoms with E-state index in [9.17, 15) is 0 Å². The van der Waals surface area contributed by atoms with Gasteiger partial charge in [0, 0.05) is 28.9 Å². The number of ether oxygens (including phenoxy) is 1. The van der Waals surface area contributed by atoms with Gasteiger partial charge in [0.05, 0.1) is 36.1 Å². The molecule has 0 saturated carbocycles. The Hall–Kier alpha value is -3.60. The van der Waals surface area contributed by atoms with Gasteiger partial charge in [-0.2, -0.15) is 0 Å². The maximum Gasteiger partial charge on any atom is 0.141 e. The molecule has 0 atom stereocenters. The summed E-state index contributed by atoms with van der Waals surface area (Å²) < 4.78 is 11.2. The summed E-state index contributed by atoms with van der Waals surface area (Å²) in [6, 6.07) is 16.7. The van der Waals surface area contributed by atoms with Gasteiger partial charge in [0.15, 0.2) is 0 Å². The van der Waals surface area contributed by atoms with Gasteiger partial charge < -0.3 is 14.2 Å². The predicted molar refractivity (Wildman–Crippen MR) is 119 cm³/mol. The monoisotopic (exact) mass is 397 g/mol. The van der Waals surface area contributed by atoms with E-state index in [1.807, 2.05) is 26.0 Å². The quantitative estimate of drug-likeness (QED) is 0.449. The van der Waals surface area contributed by atoms with Gasteiger partial charge in [-0.15, -0.1) is 0 Å². The number of allylic oxidation sites excluding steroid dienone is 1. The zero-order chi connectivity index (χ0) is 20.7. The van der Waals surface area contributed by atoms with Crippen LogP contribution in [0.2, 0.25) is 0 Å². The molecule has 3 heterocycles. The van der Waals surface area contributed by atoms with Crippen molar-refractivity contribution in [2.75, 3.05) is 12.0 Å². The Bertz CT molecular complexity index is 1250. The first kappa shape index (κ1) is 18.4. The highest BCUT2D eigenvalue weighted by atomic mass is 16.5. The highest BCUT2D eigenvalue weighted by molar-refractivity contribution is 5.80. The molecule has 0 bridgehead atoms. The maximum atomic E-state index is 5.77. The van der Waals surface area contributed by atoms with Crippen LogP contribution >= 0.6 is 0 Å². The van der Waals surface area contributed by atoms with Crippen molar-refractivity contribution < 1.29 is 9.26 Å². The van der Waals surface area contributed by atoms with E-state index >= 15 is 0 Å². The molecule has 30 heavy (non-hydrogen) atoms. The topological polar surface area (TPSA) is 51.4 Å². The number of nitrogens with zero attached hydrogens (tertiary/aromatic N) is 3. The number of rotatable bonds is 4. The van der Waals surface area contributed by atoms with Crippen molar-refractivity contribution in [2.24, 2.45) is 0 Å². The van der Waals surface area contributed by atoms with E-state index in [-0.39, 0.29) is 0 Å². The molecule has 0 aliphatic carbocycles. The number of aromatic nitrogens is 2. The highest BCUT2D eigenvalue weighted by Gasteiger charge is 2.22. The van der Waals surface area contributed by atoms with Gasteiger partial charge in [-0.25, -0.2) is 0 Å². The second-order valence-corrected chi connectivity index (χ2v) is 7.59. The van der Waals surface area contributed by atoms with Crippen LogP contribution in [0.5, 0.6) is 5.75 Å². The lowest BCUT2D eigenvalue weighted by Crippen LogP contribution is -2.20. The summed E-state index contributed by atoms with van der Waals surface area (Å²) in [5.74, 6) is 1.62. The van der Waals surface area contributed by atoms with Gasteiger partial charge in [0.1, 0.15) is 11.5 Å². The zero-order valence-corrected chi connectivity index (χ0v) is 17.3. The first-order valence-electron chi connectivity index (χ1n) is 10.1. The van der Waals surface area contributed by atoms with E-state index in [2.05, 4.69) is 58.7 Å². The molecule has 0 unspecified atom stereocenters. The SMILES string of the molecule is COc1cc2c(cc1-c1c(C)noc1C)CC=CN2Cc1ccc2ccccc2n1. The lowest BCUT2D eigenvalue weighted by atomic mass is 9.96. The molecule has 0 spiro atoms. The van der Waals surface area contributed by atoms with Gasteiger partial charge in [-0.3, -0.25) is 4.98 Å². The van der Waals surface area contributed by atoms with E-state index in [1.54, 1.807) is 7.11 Å². The molecule has 5 heteroatoms. The largest absolute Gasteiger partial charge is 0.496 e. The van der Waals surface area contributed by atoms with Crippen molar-refractivity contribution in [2.45, 2.75) is 26.8 Å². The van der Waals surface area contributed by atoms with Crippen LogP contribution in [0.3, 0.4) is 0 Å². The fourth-order valence-corrected chi connectivity index (χ4v) is 4.17. The van der Waals surface area contributed by atoms with Crippen molar-refractivity contribution in [3.8, 4) is 16.9 Å². The molecule has 0 amide bonds. The Morgan fingerprint density at radius 2 is 1.97 bits per heavy atom. The average Bonchev–Trinajstić information content (AvgIpc) is 3.10. The number of pyridine rings is 1. The molecule has 0 radical (unpaired) electrons. The van der Waals surface area contributed by atoms with Crippen molar-refractivity contribution in [3.63, 3.8) is 0 Å². The zero-order valence-electron chi connectivity index (χ0n) is 17.3. The molecule has 150 valence electrons.